The number of aryl methyl sites for hydroxylation is 1. The third kappa shape index (κ3) is 4.65. The summed E-state index contributed by atoms with van der Waals surface area (Å²) >= 11 is 0. The molecule has 40 heavy (non-hydrogen) atoms. The summed E-state index contributed by atoms with van der Waals surface area (Å²) < 4.78 is 118. The number of rotatable bonds is 6. The predicted octanol–water partition coefficient (Wildman–Crippen LogP) is 5.06. The molecule has 214 valence electrons. The molecule has 0 saturated carbocycles. The topological polar surface area (TPSA) is 60.4 Å². The molecule has 4 aromatic rings. The summed E-state index contributed by atoms with van der Waals surface area (Å²) in [5.74, 6) is -8.08. The van der Waals surface area contributed by atoms with E-state index < -0.39 is 64.8 Å². The van der Waals surface area contributed by atoms with Gasteiger partial charge in [0.05, 0.1) is 23.3 Å². The Kier molecular flexibility index (Phi) is 6.36. The van der Waals surface area contributed by atoms with Gasteiger partial charge in [0, 0.05) is 39.0 Å². The van der Waals surface area contributed by atoms with E-state index in [0.29, 0.717) is 11.3 Å². The van der Waals surface area contributed by atoms with Gasteiger partial charge in [0.1, 0.15) is 6.33 Å². The lowest BCUT2D eigenvalue weighted by Gasteiger charge is -2.29. The van der Waals surface area contributed by atoms with Crippen molar-refractivity contribution >= 4 is 5.52 Å². The fraction of sp³-hybridized carbons (Fsp3) is 0.400. The highest BCUT2D eigenvalue weighted by molar-refractivity contribution is 5.58. The maximum absolute atomic E-state index is 15.7. The lowest BCUT2D eigenvalue weighted by Crippen LogP contribution is -2.39. The Balaban J connectivity index is 1.59. The highest BCUT2D eigenvalue weighted by Gasteiger charge is 2.57. The van der Waals surface area contributed by atoms with Gasteiger partial charge in [-0.15, -0.1) is 10.2 Å². The van der Waals surface area contributed by atoms with Crippen molar-refractivity contribution in [3.63, 3.8) is 0 Å². The molecule has 1 atom stereocenters. The standard InChI is InChI=1S/C25H22F8N6O/c1-22(26,24(29,30)20-35-34-14-36(20)2)16-4-3-5-17(9-16)38-12-19-18(25(31,32)33)8-15(11-39(19)21(38)40)10-37-7-6-23(27,28)13-37/h3-5,8-9,11-12,14H,6-7,10,13H2,1-2H3/t22-/m1/s1. The molecule has 1 fully saturated rings. The van der Waals surface area contributed by atoms with Crippen LogP contribution in [-0.4, -0.2) is 47.6 Å². The SMILES string of the molecule is Cn1cnnc1C(F)(F)[C@](C)(F)c1cccc(-n2cc3c(C(F)(F)F)cc(CN4CCC(F)(F)C4)cn3c2=O)c1. The van der Waals surface area contributed by atoms with Gasteiger partial charge in [0.25, 0.3) is 5.92 Å². The van der Waals surface area contributed by atoms with Gasteiger partial charge in [-0.05, 0) is 36.2 Å². The van der Waals surface area contributed by atoms with Crippen LogP contribution >= 0.6 is 0 Å². The highest BCUT2D eigenvalue weighted by Crippen LogP contribution is 2.47. The van der Waals surface area contributed by atoms with Crippen LogP contribution in [0, 0.1) is 0 Å². The number of fused-ring (bicyclic) bond motifs is 1. The molecule has 3 aromatic heterocycles. The summed E-state index contributed by atoms with van der Waals surface area (Å²) in [4.78, 5) is 14.5. The summed E-state index contributed by atoms with van der Waals surface area (Å²) in [6, 6.07) is 5.21. The van der Waals surface area contributed by atoms with Crippen molar-refractivity contribution in [3.8, 4) is 5.69 Å². The molecule has 1 saturated heterocycles. The van der Waals surface area contributed by atoms with Gasteiger partial charge < -0.3 is 4.57 Å². The first kappa shape index (κ1) is 27.8. The summed E-state index contributed by atoms with van der Waals surface area (Å²) in [6.07, 6.45) is -2.38. The predicted molar refractivity (Wildman–Crippen MR) is 126 cm³/mol. The Morgan fingerprint density at radius 3 is 2.38 bits per heavy atom. The van der Waals surface area contributed by atoms with E-state index in [1.54, 1.807) is 0 Å². The van der Waals surface area contributed by atoms with E-state index in [4.69, 9.17) is 0 Å². The van der Waals surface area contributed by atoms with Crippen LogP contribution in [-0.2, 0) is 31.4 Å². The zero-order valence-corrected chi connectivity index (χ0v) is 21.1. The number of hydrogen-bond donors (Lipinski definition) is 0. The van der Waals surface area contributed by atoms with Crippen LogP contribution in [0.2, 0.25) is 0 Å². The van der Waals surface area contributed by atoms with Gasteiger partial charge in [-0.3, -0.25) is 13.9 Å². The van der Waals surface area contributed by atoms with Crippen LogP contribution < -0.4 is 5.69 Å². The third-order valence-corrected chi connectivity index (χ3v) is 7.03. The van der Waals surface area contributed by atoms with E-state index in [0.717, 1.165) is 46.1 Å². The Bertz CT molecular complexity index is 1630. The fourth-order valence-electron chi connectivity index (χ4n) is 4.85. The van der Waals surface area contributed by atoms with Crippen LogP contribution in [0.3, 0.4) is 0 Å². The van der Waals surface area contributed by atoms with Gasteiger partial charge in [-0.25, -0.2) is 18.0 Å². The lowest BCUT2D eigenvalue weighted by atomic mass is 9.90. The molecule has 0 radical (unpaired) electrons. The number of imidazole rings is 1. The minimum atomic E-state index is -4.91. The molecule has 0 aliphatic carbocycles. The molecular weight excluding hydrogens is 552 g/mol. The summed E-state index contributed by atoms with van der Waals surface area (Å²) in [7, 11) is 1.21. The van der Waals surface area contributed by atoms with Crippen LogP contribution in [0.25, 0.3) is 11.2 Å². The second kappa shape index (κ2) is 9.14. The van der Waals surface area contributed by atoms with Gasteiger partial charge in [0.15, 0.2) is 0 Å². The Hall–Kier alpha value is -3.75. The first-order chi connectivity index (χ1) is 18.5. The maximum Gasteiger partial charge on any atom is 0.418 e. The number of likely N-dealkylation sites (tertiary alicyclic amines) is 1. The Morgan fingerprint density at radius 1 is 1.05 bits per heavy atom. The summed E-state index contributed by atoms with van der Waals surface area (Å²) in [5, 5.41) is 6.66. The normalized spacial score (nSPS) is 17.9. The first-order valence-electron chi connectivity index (χ1n) is 12.0. The number of nitrogens with zero attached hydrogens (tertiary/aromatic N) is 6. The average Bonchev–Trinajstić information content (AvgIpc) is 3.55. The Labute approximate surface area is 221 Å². The molecule has 15 heteroatoms. The largest absolute Gasteiger partial charge is 0.418 e. The number of pyridine rings is 1. The van der Waals surface area contributed by atoms with Crippen molar-refractivity contribution in [2.75, 3.05) is 13.1 Å². The van der Waals surface area contributed by atoms with Gasteiger partial charge in [-0.1, -0.05) is 12.1 Å². The summed E-state index contributed by atoms with van der Waals surface area (Å²) in [6.45, 7) is -0.291. The number of halogens is 8. The molecular formula is C25H22F8N6O. The fourth-order valence-corrected chi connectivity index (χ4v) is 4.85. The van der Waals surface area contributed by atoms with Gasteiger partial charge >= 0.3 is 17.8 Å². The first-order valence-corrected chi connectivity index (χ1v) is 12.0. The molecule has 4 heterocycles. The number of alkyl halides is 8. The van der Waals surface area contributed by atoms with Crippen molar-refractivity contribution in [1.29, 1.82) is 0 Å². The average molecular weight is 574 g/mol. The minimum Gasteiger partial charge on any atom is -0.316 e. The van der Waals surface area contributed by atoms with Gasteiger partial charge in [0.2, 0.25) is 11.5 Å². The molecule has 0 amide bonds. The summed E-state index contributed by atoms with van der Waals surface area (Å²) in [5.41, 5.74) is -6.84. The molecule has 0 unspecified atom stereocenters. The quantitative estimate of drug-likeness (QED) is 0.303. The molecule has 1 aliphatic heterocycles. The van der Waals surface area contributed by atoms with E-state index in [1.807, 2.05) is 0 Å². The van der Waals surface area contributed by atoms with E-state index >= 15 is 13.2 Å². The van der Waals surface area contributed by atoms with E-state index in [9.17, 15) is 26.7 Å². The molecule has 0 bridgehead atoms. The molecule has 1 aliphatic rings. The van der Waals surface area contributed by atoms with Crippen LogP contribution in [0.15, 0.2) is 53.8 Å². The second-order valence-electron chi connectivity index (χ2n) is 10.0. The zero-order valence-electron chi connectivity index (χ0n) is 21.1. The van der Waals surface area contributed by atoms with E-state index in [2.05, 4.69) is 10.2 Å². The van der Waals surface area contributed by atoms with Crippen molar-refractivity contribution in [2.45, 2.75) is 43.6 Å². The van der Waals surface area contributed by atoms with E-state index in [-0.39, 0.29) is 24.3 Å². The van der Waals surface area contributed by atoms with Crippen molar-refractivity contribution < 1.29 is 35.1 Å². The molecule has 1 aromatic carbocycles. The van der Waals surface area contributed by atoms with Crippen LogP contribution in [0.4, 0.5) is 35.1 Å². The number of aromatic nitrogens is 5. The molecule has 5 rings (SSSR count). The Morgan fingerprint density at radius 2 is 1.77 bits per heavy atom. The van der Waals surface area contributed by atoms with Crippen molar-refractivity contribution in [1.82, 2.24) is 28.6 Å². The van der Waals surface area contributed by atoms with Crippen LogP contribution in [0.1, 0.15) is 35.9 Å². The lowest BCUT2D eigenvalue weighted by molar-refractivity contribution is -0.149. The van der Waals surface area contributed by atoms with Crippen LogP contribution in [0.5, 0.6) is 0 Å². The smallest absolute Gasteiger partial charge is 0.316 e. The molecule has 0 spiro atoms. The van der Waals surface area contributed by atoms with Gasteiger partial charge in [-0.2, -0.15) is 22.0 Å². The highest BCUT2D eigenvalue weighted by atomic mass is 19.4. The number of hydrogen-bond acceptors (Lipinski definition) is 4. The minimum absolute atomic E-state index is 0.0224. The van der Waals surface area contributed by atoms with Crippen molar-refractivity contribution in [2.24, 2.45) is 7.05 Å². The van der Waals surface area contributed by atoms with Crippen molar-refractivity contribution in [3.05, 3.63) is 82.1 Å². The zero-order chi connectivity index (χ0) is 29.3. The second-order valence-corrected chi connectivity index (χ2v) is 10.0. The third-order valence-electron chi connectivity index (χ3n) is 7.03. The maximum atomic E-state index is 15.7. The number of benzene rings is 1. The van der Waals surface area contributed by atoms with E-state index in [1.165, 1.54) is 24.1 Å². The monoisotopic (exact) mass is 574 g/mol. The molecule has 0 N–H and O–H groups in total. The molecule has 7 nitrogen and oxygen atoms in total.